The van der Waals surface area contributed by atoms with Gasteiger partial charge in [0, 0.05) is 35.6 Å². The van der Waals surface area contributed by atoms with Gasteiger partial charge in [0.2, 0.25) is 0 Å². The van der Waals surface area contributed by atoms with E-state index in [2.05, 4.69) is 21.0 Å². The van der Waals surface area contributed by atoms with Crippen LogP contribution >= 0.6 is 0 Å². The lowest BCUT2D eigenvalue weighted by molar-refractivity contribution is 1.09. The third-order valence-electron chi connectivity index (χ3n) is 3.68. The van der Waals surface area contributed by atoms with Gasteiger partial charge in [-0.15, -0.1) is 0 Å². The molecule has 2 aromatic carbocycles. The molecule has 4 rings (SSSR count). The van der Waals surface area contributed by atoms with Crippen LogP contribution in [-0.2, 0) is 0 Å². The van der Waals surface area contributed by atoms with E-state index in [1.54, 1.807) is 6.33 Å². The Balaban J connectivity index is 2.37. The molecule has 0 bridgehead atoms. The SMILES string of the molecule is CN(C)c1nc(N)c2ccc3ncnc4ccc1c2c34. The topological polar surface area (TPSA) is 67.9 Å². The quantitative estimate of drug-likeness (QED) is 0.534. The molecule has 0 radical (unpaired) electrons. The van der Waals surface area contributed by atoms with Crippen LogP contribution in [0.3, 0.4) is 0 Å². The molecule has 0 atom stereocenters. The van der Waals surface area contributed by atoms with Crippen LogP contribution in [0.25, 0.3) is 32.6 Å². The zero-order chi connectivity index (χ0) is 13.9. The number of pyridine rings is 1. The van der Waals surface area contributed by atoms with Crippen molar-refractivity contribution in [1.82, 2.24) is 15.0 Å². The predicted octanol–water partition coefficient (Wildman–Crippen LogP) is 2.42. The largest absolute Gasteiger partial charge is 0.383 e. The Hall–Kier alpha value is -2.69. The fourth-order valence-corrected chi connectivity index (χ4v) is 2.80. The first-order valence-corrected chi connectivity index (χ1v) is 6.39. The first kappa shape index (κ1) is 11.2. The van der Waals surface area contributed by atoms with Crippen LogP contribution < -0.4 is 10.6 Å². The number of benzene rings is 2. The van der Waals surface area contributed by atoms with Crippen LogP contribution in [0.2, 0.25) is 0 Å². The maximum atomic E-state index is 6.13. The molecule has 0 aliphatic carbocycles. The summed E-state index contributed by atoms with van der Waals surface area (Å²) in [6.07, 6.45) is 1.59. The molecular formula is C15H13N5. The van der Waals surface area contributed by atoms with Crippen molar-refractivity contribution in [1.29, 1.82) is 0 Å². The van der Waals surface area contributed by atoms with Crippen LogP contribution in [0.15, 0.2) is 30.6 Å². The van der Waals surface area contributed by atoms with Crippen LogP contribution in [0.5, 0.6) is 0 Å². The number of nitrogens with two attached hydrogens (primary N) is 1. The molecule has 0 aliphatic rings. The Bertz CT molecular complexity index is 929. The number of aromatic nitrogens is 3. The van der Waals surface area contributed by atoms with Gasteiger partial charge in [0.25, 0.3) is 0 Å². The van der Waals surface area contributed by atoms with Gasteiger partial charge in [-0.25, -0.2) is 15.0 Å². The van der Waals surface area contributed by atoms with Gasteiger partial charge in [-0.3, -0.25) is 0 Å². The van der Waals surface area contributed by atoms with Gasteiger partial charge in [0.15, 0.2) is 0 Å². The summed E-state index contributed by atoms with van der Waals surface area (Å²) in [5, 5.41) is 4.18. The highest BCUT2D eigenvalue weighted by Gasteiger charge is 2.16. The number of nitrogen functional groups attached to an aromatic ring is 1. The number of rotatable bonds is 1. The van der Waals surface area contributed by atoms with Crippen molar-refractivity contribution in [3.05, 3.63) is 30.6 Å². The maximum absolute atomic E-state index is 6.13. The molecular weight excluding hydrogens is 250 g/mol. The van der Waals surface area contributed by atoms with Crippen molar-refractivity contribution in [2.75, 3.05) is 24.7 Å². The van der Waals surface area contributed by atoms with Crippen LogP contribution in [-0.4, -0.2) is 29.0 Å². The molecule has 0 spiro atoms. The number of nitrogens with zero attached hydrogens (tertiary/aromatic N) is 4. The highest BCUT2D eigenvalue weighted by atomic mass is 15.1. The smallest absolute Gasteiger partial charge is 0.138 e. The molecule has 2 aromatic heterocycles. The molecule has 5 nitrogen and oxygen atoms in total. The summed E-state index contributed by atoms with van der Waals surface area (Å²) in [5.41, 5.74) is 7.99. The highest BCUT2D eigenvalue weighted by Crippen LogP contribution is 2.38. The van der Waals surface area contributed by atoms with E-state index in [0.717, 1.165) is 38.4 Å². The van der Waals surface area contributed by atoms with Crippen LogP contribution in [0.4, 0.5) is 11.6 Å². The fourth-order valence-electron chi connectivity index (χ4n) is 2.80. The summed E-state index contributed by atoms with van der Waals surface area (Å²) in [6.45, 7) is 0. The van der Waals surface area contributed by atoms with E-state index in [-0.39, 0.29) is 0 Å². The molecule has 2 N–H and O–H groups in total. The van der Waals surface area contributed by atoms with Gasteiger partial charge in [-0.05, 0) is 24.3 Å². The average molecular weight is 263 g/mol. The van der Waals surface area contributed by atoms with E-state index < -0.39 is 0 Å². The molecule has 0 amide bonds. The van der Waals surface area contributed by atoms with Crippen LogP contribution in [0, 0.1) is 0 Å². The third kappa shape index (κ3) is 1.29. The summed E-state index contributed by atoms with van der Waals surface area (Å²) < 4.78 is 0. The minimum atomic E-state index is 0.541. The van der Waals surface area contributed by atoms with E-state index in [4.69, 9.17) is 5.73 Å². The highest BCUT2D eigenvalue weighted by molar-refractivity contribution is 6.25. The van der Waals surface area contributed by atoms with Crippen molar-refractivity contribution < 1.29 is 0 Å². The summed E-state index contributed by atoms with van der Waals surface area (Å²) in [7, 11) is 3.93. The Labute approximate surface area is 115 Å². The molecule has 20 heavy (non-hydrogen) atoms. The summed E-state index contributed by atoms with van der Waals surface area (Å²) in [4.78, 5) is 15.2. The Kier molecular flexibility index (Phi) is 2.04. The van der Waals surface area contributed by atoms with E-state index >= 15 is 0 Å². The van der Waals surface area contributed by atoms with Gasteiger partial charge in [0.05, 0.1) is 11.0 Å². The first-order valence-electron chi connectivity index (χ1n) is 6.39. The zero-order valence-electron chi connectivity index (χ0n) is 11.3. The average Bonchev–Trinajstić information content (AvgIpc) is 2.46. The number of hydrogen-bond acceptors (Lipinski definition) is 5. The molecule has 2 heterocycles. The second-order valence-corrected chi connectivity index (χ2v) is 5.10. The minimum Gasteiger partial charge on any atom is -0.383 e. The van der Waals surface area contributed by atoms with Crippen molar-refractivity contribution in [3.8, 4) is 0 Å². The lowest BCUT2D eigenvalue weighted by Crippen LogP contribution is -2.12. The van der Waals surface area contributed by atoms with Gasteiger partial charge < -0.3 is 10.6 Å². The summed E-state index contributed by atoms with van der Waals surface area (Å²) in [5.74, 6) is 1.41. The van der Waals surface area contributed by atoms with E-state index in [1.807, 2.05) is 37.2 Å². The Morgan fingerprint density at radius 2 is 1.55 bits per heavy atom. The Morgan fingerprint density at radius 1 is 0.900 bits per heavy atom. The molecule has 0 unspecified atom stereocenters. The monoisotopic (exact) mass is 263 g/mol. The lowest BCUT2D eigenvalue weighted by Gasteiger charge is -2.18. The first-order chi connectivity index (χ1) is 9.66. The van der Waals surface area contributed by atoms with Gasteiger partial charge in [-0.2, -0.15) is 0 Å². The van der Waals surface area contributed by atoms with Crippen LogP contribution in [0.1, 0.15) is 0 Å². The molecule has 4 aromatic rings. The summed E-state index contributed by atoms with van der Waals surface area (Å²) in [6, 6.07) is 8.02. The number of anilines is 2. The van der Waals surface area contributed by atoms with Crippen molar-refractivity contribution in [3.63, 3.8) is 0 Å². The molecule has 0 saturated heterocycles. The zero-order valence-corrected chi connectivity index (χ0v) is 11.3. The summed E-state index contributed by atoms with van der Waals surface area (Å²) >= 11 is 0. The van der Waals surface area contributed by atoms with E-state index in [0.29, 0.717) is 5.82 Å². The number of hydrogen-bond donors (Lipinski definition) is 1. The van der Waals surface area contributed by atoms with Crippen molar-refractivity contribution >= 4 is 44.2 Å². The fraction of sp³-hybridized carbons (Fsp3) is 0.133. The molecule has 98 valence electrons. The van der Waals surface area contributed by atoms with Crippen molar-refractivity contribution in [2.24, 2.45) is 0 Å². The van der Waals surface area contributed by atoms with Gasteiger partial charge >= 0.3 is 0 Å². The van der Waals surface area contributed by atoms with E-state index in [1.165, 1.54) is 0 Å². The molecule has 0 saturated carbocycles. The molecule has 0 fully saturated rings. The standard InChI is InChI=1S/C15H13N5/c1-20(2)15-9-4-6-11-13-10(17-7-18-11)5-3-8(12(9)13)14(16)19-15/h3-7H,1-2H3,(H2,16,19). The third-order valence-corrected chi connectivity index (χ3v) is 3.68. The van der Waals surface area contributed by atoms with Gasteiger partial charge in [0.1, 0.15) is 18.0 Å². The molecule has 5 heteroatoms. The second-order valence-electron chi connectivity index (χ2n) is 5.10. The van der Waals surface area contributed by atoms with Gasteiger partial charge in [-0.1, -0.05) is 0 Å². The Morgan fingerprint density at radius 3 is 2.20 bits per heavy atom. The normalized spacial score (nSPS) is 11.7. The minimum absolute atomic E-state index is 0.541. The lowest BCUT2D eigenvalue weighted by atomic mass is 9.99. The predicted molar refractivity (Wildman–Crippen MR) is 82.3 cm³/mol. The maximum Gasteiger partial charge on any atom is 0.138 e. The second kappa shape index (κ2) is 3.66. The molecule has 0 aliphatic heterocycles. The van der Waals surface area contributed by atoms with Crippen molar-refractivity contribution in [2.45, 2.75) is 0 Å². The van der Waals surface area contributed by atoms with E-state index in [9.17, 15) is 0 Å².